The van der Waals surface area contributed by atoms with E-state index >= 15 is 0 Å². The molecule has 0 aliphatic rings. The van der Waals surface area contributed by atoms with Crippen LogP contribution in [0.25, 0.3) is 0 Å². The molecular weight excluding hydrogens is 212 g/mol. The van der Waals surface area contributed by atoms with Crippen molar-refractivity contribution in [3.8, 4) is 0 Å². The Kier molecular flexibility index (Phi) is 3.06. The fraction of sp³-hybridized carbons (Fsp3) is 0.100. The van der Waals surface area contributed by atoms with E-state index in [9.17, 15) is 0 Å². The van der Waals surface area contributed by atoms with Gasteiger partial charge in [-0.1, -0.05) is 12.1 Å². The van der Waals surface area contributed by atoms with Crippen LogP contribution >= 0.6 is 23.1 Å². The van der Waals surface area contributed by atoms with Crippen molar-refractivity contribution in [1.82, 2.24) is 4.98 Å². The normalized spacial score (nSPS) is 10.3. The molecule has 0 saturated heterocycles. The maximum atomic E-state index is 5.82. The number of nitrogens with zero attached hydrogens (tertiary/aromatic N) is 1. The summed E-state index contributed by atoms with van der Waals surface area (Å²) in [5.74, 6) is 0.895. The molecule has 0 bridgehead atoms. The third-order valence-electron chi connectivity index (χ3n) is 1.75. The number of nitrogen functional groups attached to an aromatic ring is 1. The zero-order valence-electron chi connectivity index (χ0n) is 7.51. The van der Waals surface area contributed by atoms with Gasteiger partial charge in [0.2, 0.25) is 0 Å². The Hall–Kier alpha value is -1.00. The molecule has 2 aromatic rings. The first kappa shape index (κ1) is 9.55. The third-order valence-corrected chi connectivity index (χ3v) is 3.82. The van der Waals surface area contributed by atoms with E-state index in [0.29, 0.717) is 0 Å². The Morgan fingerprint density at radius 3 is 2.93 bits per heavy atom. The molecule has 72 valence electrons. The summed E-state index contributed by atoms with van der Waals surface area (Å²) in [6, 6.07) is 7.90. The molecule has 0 saturated carbocycles. The van der Waals surface area contributed by atoms with E-state index in [2.05, 4.69) is 4.98 Å². The second kappa shape index (κ2) is 4.48. The summed E-state index contributed by atoms with van der Waals surface area (Å²) < 4.78 is 0. The summed E-state index contributed by atoms with van der Waals surface area (Å²) in [5.41, 5.74) is 6.66. The first-order chi connectivity index (χ1) is 6.86. The summed E-state index contributed by atoms with van der Waals surface area (Å²) in [5, 5.41) is 3.13. The summed E-state index contributed by atoms with van der Waals surface area (Å²) in [6.45, 7) is 0. The predicted octanol–water partition coefficient (Wildman–Crippen LogP) is 3.02. The zero-order valence-corrected chi connectivity index (χ0v) is 9.15. The van der Waals surface area contributed by atoms with Gasteiger partial charge in [-0.25, -0.2) is 4.98 Å². The van der Waals surface area contributed by atoms with Crippen LogP contribution in [0, 0.1) is 0 Å². The largest absolute Gasteiger partial charge is 0.398 e. The summed E-state index contributed by atoms with van der Waals surface area (Å²) in [6.07, 6.45) is 1.83. The number of hydrogen-bond acceptors (Lipinski definition) is 4. The number of hydrogen-bond donors (Lipinski definition) is 1. The van der Waals surface area contributed by atoms with Gasteiger partial charge in [0.25, 0.3) is 0 Å². The van der Waals surface area contributed by atoms with Crippen molar-refractivity contribution in [3.05, 3.63) is 40.8 Å². The first-order valence-electron chi connectivity index (χ1n) is 4.22. The van der Waals surface area contributed by atoms with Gasteiger partial charge in [-0.2, -0.15) is 0 Å². The smallest absolute Gasteiger partial charge is 0.103 e. The number of benzene rings is 1. The maximum Gasteiger partial charge on any atom is 0.103 e. The van der Waals surface area contributed by atoms with Crippen LogP contribution in [0.4, 0.5) is 5.69 Å². The Morgan fingerprint density at radius 1 is 1.36 bits per heavy atom. The molecule has 0 radical (unpaired) electrons. The zero-order chi connectivity index (χ0) is 9.80. The lowest BCUT2D eigenvalue weighted by Crippen LogP contribution is -1.87. The van der Waals surface area contributed by atoms with Crippen molar-refractivity contribution in [2.45, 2.75) is 10.6 Å². The number of para-hydroxylation sites is 1. The van der Waals surface area contributed by atoms with Crippen LogP contribution in [0.15, 0.2) is 40.7 Å². The molecule has 0 unspecified atom stereocenters. The molecule has 0 amide bonds. The Morgan fingerprint density at radius 2 is 2.21 bits per heavy atom. The van der Waals surface area contributed by atoms with E-state index in [1.54, 1.807) is 23.1 Å². The summed E-state index contributed by atoms with van der Waals surface area (Å²) in [7, 11) is 0. The second-order valence-corrected chi connectivity index (χ2v) is 4.75. The van der Waals surface area contributed by atoms with Crippen molar-refractivity contribution in [3.63, 3.8) is 0 Å². The van der Waals surface area contributed by atoms with Gasteiger partial charge in [0, 0.05) is 22.2 Å². The highest BCUT2D eigenvalue weighted by Crippen LogP contribution is 2.27. The Bertz CT molecular complexity index is 398. The molecule has 2 nitrogen and oxygen atoms in total. The highest BCUT2D eigenvalue weighted by molar-refractivity contribution is 7.98. The van der Waals surface area contributed by atoms with Crippen molar-refractivity contribution in [2.75, 3.05) is 5.73 Å². The summed E-state index contributed by atoms with van der Waals surface area (Å²) >= 11 is 3.40. The standard InChI is InChI=1S/C10H10N2S2/c11-8-3-1-2-4-9(8)14-7-10-12-5-6-13-10/h1-6H,7,11H2. The topological polar surface area (TPSA) is 38.9 Å². The SMILES string of the molecule is Nc1ccccc1SCc1nccs1. The highest BCUT2D eigenvalue weighted by atomic mass is 32.2. The van der Waals surface area contributed by atoms with Crippen LogP contribution in [0.1, 0.15) is 5.01 Å². The molecular formula is C10H10N2S2. The number of nitrogens with two attached hydrogens (primary N) is 1. The fourth-order valence-corrected chi connectivity index (χ4v) is 2.69. The van der Waals surface area contributed by atoms with Crippen LogP contribution in [0.5, 0.6) is 0 Å². The van der Waals surface area contributed by atoms with Crippen molar-refractivity contribution >= 4 is 28.8 Å². The highest BCUT2D eigenvalue weighted by Gasteiger charge is 2.00. The van der Waals surface area contributed by atoms with E-state index in [-0.39, 0.29) is 0 Å². The molecule has 4 heteroatoms. The molecule has 1 aromatic carbocycles. The minimum atomic E-state index is 0.842. The average Bonchev–Trinajstić information content (AvgIpc) is 2.69. The van der Waals surface area contributed by atoms with Gasteiger partial charge in [0.05, 0.1) is 5.75 Å². The molecule has 2 rings (SSSR count). The Balaban J connectivity index is 2.02. The van der Waals surface area contributed by atoms with E-state index < -0.39 is 0 Å². The van der Waals surface area contributed by atoms with Gasteiger partial charge in [0.15, 0.2) is 0 Å². The molecule has 0 spiro atoms. The lowest BCUT2D eigenvalue weighted by Gasteiger charge is -2.02. The third kappa shape index (κ3) is 2.27. The lowest BCUT2D eigenvalue weighted by molar-refractivity contribution is 1.26. The van der Waals surface area contributed by atoms with Crippen LogP contribution in [0.3, 0.4) is 0 Å². The van der Waals surface area contributed by atoms with E-state index in [4.69, 9.17) is 5.73 Å². The second-order valence-electron chi connectivity index (χ2n) is 2.75. The maximum absolute atomic E-state index is 5.82. The van der Waals surface area contributed by atoms with Crippen molar-refractivity contribution in [2.24, 2.45) is 0 Å². The molecule has 0 atom stereocenters. The van der Waals surface area contributed by atoms with E-state index in [1.165, 1.54) is 0 Å². The van der Waals surface area contributed by atoms with E-state index in [1.807, 2.05) is 35.8 Å². The van der Waals surface area contributed by atoms with Crippen molar-refractivity contribution in [1.29, 1.82) is 0 Å². The molecule has 14 heavy (non-hydrogen) atoms. The molecule has 0 aliphatic heterocycles. The number of anilines is 1. The molecule has 1 aromatic heterocycles. The lowest BCUT2D eigenvalue weighted by atomic mass is 10.3. The predicted molar refractivity (Wildman–Crippen MR) is 62.5 cm³/mol. The van der Waals surface area contributed by atoms with Crippen LogP contribution in [-0.2, 0) is 5.75 Å². The van der Waals surface area contributed by atoms with Gasteiger partial charge in [-0.3, -0.25) is 0 Å². The van der Waals surface area contributed by atoms with Crippen LogP contribution in [0.2, 0.25) is 0 Å². The van der Waals surface area contributed by atoms with Gasteiger partial charge in [-0.05, 0) is 12.1 Å². The van der Waals surface area contributed by atoms with Gasteiger partial charge in [0.1, 0.15) is 5.01 Å². The molecule has 1 heterocycles. The molecule has 2 N–H and O–H groups in total. The number of aromatic nitrogens is 1. The number of thioether (sulfide) groups is 1. The quantitative estimate of drug-likeness (QED) is 0.641. The van der Waals surface area contributed by atoms with Crippen LogP contribution in [-0.4, -0.2) is 4.98 Å². The number of rotatable bonds is 3. The molecule has 0 fully saturated rings. The van der Waals surface area contributed by atoms with Crippen molar-refractivity contribution < 1.29 is 0 Å². The van der Waals surface area contributed by atoms with Gasteiger partial charge >= 0.3 is 0 Å². The van der Waals surface area contributed by atoms with Crippen LogP contribution < -0.4 is 5.73 Å². The first-order valence-corrected chi connectivity index (χ1v) is 6.08. The van der Waals surface area contributed by atoms with Gasteiger partial charge < -0.3 is 5.73 Å². The average molecular weight is 222 g/mol. The number of thiazole rings is 1. The monoisotopic (exact) mass is 222 g/mol. The summed E-state index contributed by atoms with van der Waals surface area (Å²) in [4.78, 5) is 5.35. The van der Waals surface area contributed by atoms with E-state index in [0.717, 1.165) is 21.3 Å². The minimum Gasteiger partial charge on any atom is -0.398 e. The van der Waals surface area contributed by atoms with Gasteiger partial charge in [-0.15, -0.1) is 23.1 Å². The Labute approximate surface area is 91.2 Å². The molecule has 0 aliphatic carbocycles. The fourth-order valence-electron chi connectivity index (χ4n) is 1.08. The minimum absolute atomic E-state index is 0.842.